The topological polar surface area (TPSA) is 0 Å². The zero-order valence-electron chi connectivity index (χ0n) is 16.5. The van der Waals surface area contributed by atoms with Gasteiger partial charge >= 0.3 is 0 Å². The lowest BCUT2D eigenvalue weighted by molar-refractivity contribution is 0.302. The molecule has 0 spiro atoms. The van der Waals surface area contributed by atoms with Crippen molar-refractivity contribution in [3.05, 3.63) is 47.5 Å². The summed E-state index contributed by atoms with van der Waals surface area (Å²) in [7, 11) is 0. The van der Waals surface area contributed by atoms with E-state index in [4.69, 9.17) is 0 Å². The number of benzene rings is 1. The Morgan fingerprint density at radius 3 is 2.12 bits per heavy atom. The molecule has 1 fully saturated rings. The Labute approximate surface area is 159 Å². The lowest BCUT2D eigenvalue weighted by Crippen LogP contribution is -2.13. The van der Waals surface area contributed by atoms with Crippen LogP contribution in [0.3, 0.4) is 0 Å². The van der Waals surface area contributed by atoms with Crippen LogP contribution in [0.5, 0.6) is 0 Å². The molecule has 0 amide bonds. The van der Waals surface area contributed by atoms with Gasteiger partial charge in [0.25, 0.3) is 6.08 Å². The van der Waals surface area contributed by atoms with Crippen LogP contribution in [-0.4, -0.2) is 0 Å². The van der Waals surface area contributed by atoms with E-state index in [1.54, 1.807) is 0 Å². The standard InChI is InChI=1S/C24H36F2/c1-2-3-4-5-6-7-8-9-20-10-15-22(16-11-20)23-17-12-21(13-18-23)14-19-24(25)26/h12-13,17-20,22H,2-11,14-16H2,1H3/t20-,22-. The second kappa shape index (κ2) is 12.3. The van der Waals surface area contributed by atoms with Gasteiger partial charge in [0.15, 0.2) is 0 Å². The van der Waals surface area contributed by atoms with Crippen LogP contribution in [0.1, 0.15) is 101 Å². The molecular weight excluding hydrogens is 326 g/mol. The van der Waals surface area contributed by atoms with Gasteiger partial charge in [0.05, 0.1) is 0 Å². The summed E-state index contributed by atoms with van der Waals surface area (Å²) in [5, 5.41) is 0. The zero-order valence-corrected chi connectivity index (χ0v) is 16.5. The highest BCUT2D eigenvalue weighted by Crippen LogP contribution is 2.37. The first-order chi connectivity index (χ1) is 12.7. The molecule has 2 rings (SSSR count). The van der Waals surface area contributed by atoms with E-state index in [9.17, 15) is 8.78 Å². The Morgan fingerprint density at radius 2 is 1.50 bits per heavy atom. The minimum atomic E-state index is -1.59. The Hall–Kier alpha value is -1.18. The summed E-state index contributed by atoms with van der Waals surface area (Å²) < 4.78 is 24.3. The summed E-state index contributed by atoms with van der Waals surface area (Å²) in [5.41, 5.74) is 2.36. The van der Waals surface area contributed by atoms with Crippen molar-refractivity contribution in [3.63, 3.8) is 0 Å². The molecule has 1 saturated carbocycles. The first kappa shape index (κ1) is 21.1. The van der Waals surface area contributed by atoms with Crippen molar-refractivity contribution >= 4 is 0 Å². The molecule has 26 heavy (non-hydrogen) atoms. The van der Waals surface area contributed by atoms with Gasteiger partial charge in [-0.25, -0.2) is 0 Å². The Balaban J connectivity index is 1.62. The maximum absolute atomic E-state index is 12.2. The van der Waals surface area contributed by atoms with Crippen molar-refractivity contribution in [2.45, 2.75) is 96.3 Å². The summed E-state index contributed by atoms with van der Waals surface area (Å²) in [6.45, 7) is 2.27. The Kier molecular flexibility index (Phi) is 9.95. The van der Waals surface area contributed by atoms with Crippen LogP contribution in [0, 0.1) is 5.92 Å². The number of hydrogen-bond acceptors (Lipinski definition) is 0. The number of hydrogen-bond donors (Lipinski definition) is 0. The molecule has 0 aromatic heterocycles. The highest BCUT2D eigenvalue weighted by molar-refractivity contribution is 5.27. The molecule has 0 saturated heterocycles. The SMILES string of the molecule is CCCCCCCCC[C@H]1CC[C@H](c2ccc(CC=C(F)F)cc2)CC1. The van der Waals surface area contributed by atoms with Gasteiger partial charge in [-0.2, -0.15) is 8.78 Å². The second-order valence-electron chi connectivity index (χ2n) is 8.07. The molecule has 0 N–H and O–H groups in total. The Morgan fingerprint density at radius 1 is 0.885 bits per heavy atom. The fourth-order valence-electron chi connectivity index (χ4n) is 4.30. The number of halogens is 2. The molecule has 0 bridgehead atoms. The van der Waals surface area contributed by atoms with E-state index in [1.807, 2.05) is 12.1 Å². The molecule has 0 atom stereocenters. The van der Waals surface area contributed by atoms with Gasteiger partial charge in [-0.3, -0.25) is 0 Å². The fourth-order valence-corrected chi connectivity index (χ4v) is 4.30. The van der Waals surface area contributed by atoms with Gasteiger partial charge in [-0.1, -0.05) is 82.6 Å². The number of unbranched alkanes of at least 4 members (excludes halogenated alkanes) is 6. The van der Waals surface area contributed by atoms with Gasteiger partial charge in [-0.15, -0.1) is 0 Å². The largest absolute Gasteiger partial charge is 0.266 e. The van der Waals surface area contributed by atoms with E-state index in [0.717, 1.165) is 17.6 Å². The average molecular weight is 363 g/mol. The number of rotatable bonds is 11. The van der Waals surface area contributed by atoms with Gasteiger partial charge in [0.2, 0.25) is 0 Å². The highest BCUT2D eigenvalue weighted by atomic mass is 19.3. The minimum absolute atomic E-state index is 0.327. The highest BCUT2D eigenvalue weighted by Gasteiger charge is 2.21. The van der Waals surface area contributed by atoms with Crippen LogP contribution in [-0.2, 0) is 6.42 Å². The third kappa shape index (κ3) is 8.01. The normalized spacial score (nSPS) is 20.1. The van der Waals surface area contributed by atoms with Crippen molar-refractivity contribution in [2.75, 3.05) is 0 Å². The molecule has 2 heteroatoms. The van der Waals surface area contributed by atoms with Crippen LogP contribution in [0.15, 0.2) is 36.4 Å². The van der Waals surface area contributed by atoms with Crippen molar-refractivity contribution in [3.8, 4) is 0 Å². The van der Waals surface area contributed by atoms with Crippen molar-refractivity contribution in [1.29, 1.82) is 0 Å². The monoisotopic (exact) mass is 362 g/mol. The minimum Gasteiger partial charge on any atom is -0.174 e. The van der Waals surface area contributed by atoms with Crippen LogP contribution >= 0.6 is 0 Å². The van der Waals surface area contributed by atoms with Gasteiger partial charge in [0, 0.05) is 0 Å². The summed E-state index contributed by atoms with van der Waals surface area (Å²) in [5.74, 6) is 1.60. The van der Waals surface area contributed by atoms with E-state index in [0.29, 0.717) is 12.3 Å². The molecule has 0 unspecified atom stereocenters. The lowest BCUT2D eigenvalue weighted by Gasteiger charge is -2.29. The van der Waals surface area contributed by atoms with E-state index in [-0.39, 0.29) is 0 Å². The zero-order chi connectivity index (χ0) is 18.6. The van der Waals surface area contributed by atoms with Crippen LogP contribution in [0.25, 0.3) is 0 Å². The first-order valence-corrected chi connectivity index (χ1v) is 10.8. The summed E-state index contributed by atoms with van der Waals surface area (Å²) in [6.07, 6.45) is 16.3. The third-order valence-corrected chi connectivity index (χ3v) is 6.01. The predicted molar refractivity (Wildman–Crippen MR) is 108 cm³/mol. The maximum atomic E-state index is 12.2. The second-order valence-corrected chi connectivity index (χ2v) is 8.07. The predicted octanol–water partition coefficient (Wildman–Crippen LogP) is 8.42. The summed E-state index contributed by atoms with van der Waals surface area (Å²) >= 11 is 0. The summed E-state index contributed by atoms with van der Waals surface area (Å²) in [6, 6.07) is 8.33. The van der Waals surface area contributed by atoms with Crippen LogP contribution in [0.4, 0.5) is 8.78 Å². The summed E-state index contributed by atoms with van der Waals surface area (Å²) in [4.78, 5) is 0. The van der Waals surface area contributed by atoms with Crippen molar-refractivity contribution in [1.82, 2.24) is 0 Å². The fraction of sp³-hybridized carbons (Fsp3) is 0.667. The van der Waals surface area contributed by atoms with Crippen LogP contribution in [0.2, 0.25) is 0 Å². The van der Waals surface area contributed by atoms with Crippen molar-refractivity contribution in [2.24, 2.45) is 5.92 Å². The Bertz CT molecular complexity index is 506. The van der Waals surface area contributed by atoms with Gasteiger partial charge in [-0.05, 0) is 61.1 Å². The molecule has 1 aliphatic carbocycles. The van der Waals surface area contributed by atoms with Gasteiger partial charge < -0.3 is 0 Å². The van der Waals surface area contributed by atoms with E-state index >= 15 is 0 Å². The molecule has 146 valence electrons. The van der Waals surface area contributed by atoms with E-state index in [1.165, 1.54) is 82.6 Å². The maximum Gasteiger partial charge on any atom is 0.266 e. The molecule has 0 heterocycles. The quantitative estimate of drug-likeness (QED) is 0.346. The van der Waals surface area contributed by atoms with E-state index < -0.39 is 6.08 Å². The molecule has 0 aliphatic heterocycles. The molecule has 0 radical (unpaired) electrons. The first-order valence-electron chi connectivity index (χ1n) is 10.8. The molecular formula is C24H36F2. The molecule has 1 aliphatic rings. The van der Waals surface area contributed by atoms with Crippen LogP contribution < -0.4 is 0 Å². The molecule has 1 aromatic rings. The van der Waals surface area contributed by atoms with Crippen molar-refractivity contribution < 1.29 is 8.78 Å². The lowest BCUT2D eigenvalue weighted by atomic mass is 9.77. The number of allylic oxidation sites excluding steroid dienone is 1. The van der Waals surface area contributed by atoms with Gasteiger partial charge in [0.1, 0.15) is 0 Å². The smallest absolute Gasteiger partial charge is 0.174 e. The third-order valence-electron chi connectivity index (χ3n) is 6.01. The average Bonchev–Trinajstić information content (AvgIpc) is 2.66. The molecule has 0 nitrogen and oxygen atoms in total. The molecule has 1 aromatic carbocycles. The van der Waals surface area contributed by atoms with E-state index in [2.05, 4.69) is 19.1 Å².